The SMILES string of the molecule is COc1cccc(N)c1C(=O)OCc1nonc1C. The predicted octanol–water partition coefficient (Wildman–Crippen LogP) is 1.33. The molecule has 2 aromatic rings. The van der Waals surface area contributed by atoms with Crippen LogP contribution in [0.2, 0.25) is 0 Å². The van der Waals surface area contributed by atoms with Crippen LogP contribution >= 0.6 is 0 Å². The van der Waals surface area contributed by atoms with Crippen molar-refractivity contribution in [2.45, 2.75) is 13.5 Å². The highest BCUT2D eigenvalue weighted by molar-refractivity contribution is 5.98. The molecule has 1 heterocycles. The van der Waals surface area contributed by atoms with Crippen LogP contribution in [0.1, 0.15) is 21.7 Å². The molecule has 0 saturated carbocycles. The van der Waals surface area contributed by atoms with Crippen molar-refractivity contribution in [3.63, 3.8) is 0 Å². The van der Waals surface area contributed by atoms with E-state index in [1.807, 2.05) is 0 Å². The zero-order chi connectivity index (χ0) is 13.8. The lowest BCUT2D eigenvalue weighted by molar-refractivity contribution is 0.0461. The van der Waals surface area contributed by atoms with Crippen LogP contribution in [-0.4, -0.2) is 23.4 Å². The minimum atomic E-state index is -0.586. The van der Waals surface area contributed by atoms with Crippen LogP contribution in [0.4, 0.5) is 5.69 Å². The van der Waals surface area contributed by atoms with Crippen LogP contribution in [0, 0.1) is 6.92 Å². The van der Waals surface area contributed by atoms with Crippen molar-refractivity contribution in [3.05, 3.63) is 35.2 Å². The number of nitrogen functional groups attached to an aromatic ring is 1. The van der Waals surface area contributed by atoms with Gasteiger partial charge in [0.2, 0.25) is 0 Å². The lowest BCUT2D eigenvalue weighted by atomic mass is 10.1. The molecular formula is C12H13N3O4. The summed E-state index contributed by atoms with van der Waals surface area (Å²) in [5, 5.41) is 7.21. The van der Waals surface area contributed by atoms with Crippen molar-refractivity contribution >= 4 is 11.7 Å². The summed E-state index contributed by atoms with van der Waals surface area (Å²) in [6.45, 7) is 1.67. The lowest BCUT2D eigenvalue weighted by Crippen LogP contribution is -2.10. The maximum Gasteiger partial charge on any atom is 0.344 e. The van der Waals surface area contributed by atoms with Crippen molar-refractivity contribution in [2.24, 2.45) is 0 Å². The van der Waals surface area contributed by atoms with Gasteiger partial charge in [0.25, 0.3) is 0 Å². The summed E-state index contributed by atoms with van der Waals surface area (Å²) in [6.07, 6.45) is 0. The Labute approximate surface area is 109 Å². The average molecular weight is 263 g/mol. The molecule has 0 aliphatic carbocycles. The molecule has 0 bridgehead atoms. The molecule has 2 rings (SSSR count). The Hall–Kier alpha value is -2.57. The molecule has 0 aliphatic heterocycles. The van der Waals surface area contributed by atoms with E-state index >= 15 is 0 Å². The van der Waals surface area contributed by atoms with E-state index < -0.39 is 5.97 Å². The highest BCUT2D eigenvalue weighted by Gasteiger charge is 2.18. The van der Waals surface area contributed by atoms with E-state index in [-0.39, 0.29) is 12.2 Å². The Kier molecular flexibility index (Phi) is 3.65. The summed E-state index contributed by atoms with van der Waals surface area (Å²) in [5.74, 6) is -0.225. The largest absolute Gasteiger partial charge is 0.496 e. The fourth-order valence-corrected chi connectivity index (χ4v) is 1.52. The number of aryl methyl sites for hydroxylation is 1. The minimum Gasteiger partial charge on any atom is -0.496 e. The van der Waals surface area contributed by atoms with Gasteiger partial charge in [0, 0.05) is 5.69 Å². The molecule has 1 aromatic heterocycles. The van der Waals surface area contributed by atoms with Gasteiger partial charge < -0.3 is 15.2 Å². The van der Waals surface area contributed by atoms with Gasteiger partial charge in [0.15, 0.2) is 0 Å². The Morgan fingerprint density at radius 2 is 2.21 bits per heavy atom. The van der Waals surface area contributed by atoms with Gasteiger partial charge in [-0.15, -0.1) is 0 Å². The van der Waals surface area contributed by atoms with Crippen molar-refractivity contribution in [2.75, 3.05) is 12.8 Å². The number of hydrogen-bond acceptors (Lipinski definition) is 7. The number of carbonyl (C=O) groups is 1. The Morgan fingerprint density at radius 3 is 2.84 bits per heavy atom. The topological polar surface area (TPSA) is 100 Å². The third kappa shape index (κ3) is 2.65. The second kappa shape index (κ2) is 5.38. The number of nitrogens with two attached hydrogens (primary N) is 1. The number of rotatable bonds is 4. The number of hydrogen-bond donors (Lipinski definition) is 1. The third-order valence-corrected chi connectivity index (χ3v) is 2.57. The maximum atomic E-state index is 12.0. The molecule has 19 heavy (non-hydrogen) atoms. The zero-order valence-corrected chi connectivity index (χ0v) is 10.5. The van der Waals surface area contributed by atoms with Gasteiger partial charge in [-0.1, -0.05) is 16.4 Å². The molecule has 2 N–H and O–H groups in total. The maximum absolute atomic E-state index is 12.0. The third-order valence-electron chi connectivity index (χ3n) is 2.57. The summed E-state index contributed by atoms with van der Waals surface area (Å²) in [5.41, 5.74) is 7.26. The normalized spacial score (nSPS) is 10.2. The summed E-state index contributed by atoms with van der Waals surface area (Å²) >= 11 is 0. The van der Waals surface area contributed by atoms with Gasteiger partial charge in [0.1, 0.15) is 29.3 Å². The number of ether oxygens (including phenoxy) is 2. The van der Waals surface area contributed by atoms with E-state index in [1.54, 1.807) is 25.1 Å². The summed E-state index contributed by atoms with van der Waals surface area (Å²) in [7, 11) is 1.46. The first-order valence-corrected chi connectivity index (χ1v) is 5.51. The standard InChI is InChI=1S/C12H13N3O4/c1-7-9(15-19-14-7)6-18-12(16)11-8(13)4-3-5-10(11)17-2/h3-5H,6,13H2,1-2H3. The van der Waals surface area contributed by atoms with E-state index in [2.05, 4.69) is 14.9 Å². The van der Waals surface area contributed by atoms with Gasteiger partial charge in [0.05, 0.1) is 7.11 Å². The van der Waals surface area contributed by atoms with E-state index in [4.69, 9.17) is 15.2 Å². The lowest BCUT2D eigenvalue weighted by Gasteiger charge is -2.10. The first kappa shape index (κ1) is 12.9. The molecule has 100 valence electrons. The predicted molar refractivity (Wildman–Crippen MR) is 65.6 cm³/mol. The molecule has 0 spiro atoms. The van der Waals surface area contributed by atoms with Crippen molar-refractivity contribution in [3.8, 4) is 5.75 Å². The van der Waals surface area contributed by atoms with Gasteiger partial charge in [-0.25, -0.2) is 9.42 Å². The highest BCUT2D eigenvalue weighted by Crippen LogP contribution is 2.25. The molecule has 7 nitrogen and oxygen atoms in total. The molecule has 7 heteroatoms. The molecule has 0 fully saturated rings. The number of methoxy groups -OCH3 is 1. The number of esters is 1. The molecule has 0 atom stereocenters. The summed E-state index contributed by atoms with van der Waals surface area (Å²) < 4.78 is 14.7. The van der Waals surface area contributed by atoms with E-state index in [0.29, 0.717) is 22.8 Å². The number of nitrogens with zero attached hydrogens (tertiary/aromatic N) is 2. The van der Waals surface area contributed by atoms with Crippen molar-refractivity contribution < 1.29 is 18.9 Å². The molecule has 1 aromatic carbocycles. The molecule has 0 radical (unpaired) electrons. The van der Waals surface area contributed by atoms with Gasteiger partial charge in [-0.2, -0.15) is 0 Å². The van der Waals surface area contributed by atoms with Crippen LogP contribution in [-0.2, 0) is 11.3 Å². The number of benzene rings is 1. The van der Waals surface area contributed by atoms with Crippen LogP contribution in [0.3, 0.4) is 0 Å². The molecule has 0 aliphatic rings. The second-order valence-electron chi connectivity index (χ2n) is 3.80. The van der Waals surface area contributed by atoms with Crippen molar-refractivity contribution in [1.82, 2.24) is 10.3 Å². The summed E-state index contributed by atoms with van der Waals surface area (Å²) in [4.78, 5) is 12.0. The molecule has 0 unspecified atom stereocenters. The fourth-order valence-electron chi connectivity index (χ4n) is 1.52. The highest BCUT2D eigenvalue weighted by atomic mass is 16.6. The molecular weight excluding hydrogens is 250 g/mol. The van der Waals surface area contributed by atoms with Crippen LogP contribution in [0.5, 0.6) is 5.75 Å². The first-order chi connectivity index (χ1) is 9.13. The second-order valence-corrected chi connectivity index (χ2v) is 3.80. The van der Waals surface area contributed by atoms with Crippen LogP contribution in [0.15, 0.2) is 22.8 Å². The molecule has 0 saturated heterocycles. The number of carbonyl (C=O) groups excluding carboxylic acids is 1. The van der Waals surface area contributed by atoms with Gasteiger partial charge in [-0.05, 0) is 19.1 Å². The summed E-state index contributed by atoms with van der Waals surface area (Å²) in [6, 6.07) is 4.93. The Bertz CT molecular complexity index is 594. The van der Waals surface area contributed by atoms with E-state index in [9.17, 15) is 4.79 Å². The fraction of sp³-hybridized carbons (Fsp3) is 0.250. The minimum absolute atomic E-state index is 0.0361. The van der Waals surface area contributed by atoms with E-state index in [0.717, 1.165) is 0 Å². The van der Waals surface area contributed by atoms with Gasteiger partial charge >= 0.3 is 5.97 Å². The molecule has 0 amide bonds. The van der Waals surface area contributed by atoms with Crippen molar-refractivity contribution in [1.29, 1.82) is 0 Å². The Balaban J connectivity index is 2.14. The Morgan fingerprint density at radius 1 is 1.42 bits per heavy atom. The van der Waals surface area contributed by atoms with Gasteiger partial charge in [-0.3, -0.25) is 0 Å². The number of aromatic nitrogens is 2. The quantitative estimate of drug-likeness (QED) is 0.655. The van der Waals surface area contributed by atoms with Crippen LogP contribution in [0.25, 0.3) is 0 Å². The first-order valence-electron chi connectivity index (χ1n) is 5.51. The average Bonchev–Trinajstić information content (AvgIpc) is 2.81. The monoisotopic (exact) mass is 263 g/mol. The van der Waals surface area contributed by atoms with E-state index in [1.165, 1.54) is 7.11 Å². The number of anilines is 1. The van der Waals surface area contributed by atoms with Crippen LogP contribution < -0.4 is 10.5 Å². The smallest absolute Gasteiger partial charge is 0.344 e. The zero-order valence-electron chi connectivity index (χ0n) is 10.5.